The Bertz CT molecular complexity index is 1850. The van der Waals surface area contributed by atoms with E-state index in [9.17, 15) is 0 Å². The molecular formula is C45H55N3. The van der Waals surface area contributed by atoms with Gasteiger partial charge in [0.15, 0.2) is 0 Å². The van der Waals surface area contributed by atoms with Crippen molar-refractivity contribution in [1.29, 1.82) is 0 Å². The molecule has 1 aromatic carbocycles. The van der Waals surface area contributed by atoms with Crippen molar-refractivity contribution >= 4 is 28.5 Å². The van der Waals surface area contributed by atoms with Crippen LogP contribution in [0.1, 0.15) is 110 Å². The minimum absolute atomic E-state index is 0.0987. The number of fused-ring (bicyclic) bond motifs is 6. The lowest BCUT2D eigenvalue weighted by atomic mass is 9.70. The molecule has 3 nitrogen and oxygen atoms in total. The summed E-state index contributed by atoms with van der Waals surface area (Å²) in [6.07, 6.45) is 34.5. The van der Waals surface area contributed by atoms with Crippen LogP contribution >= 0.6 is 0 Å². The molecule has 7 aliphatic rings. The fourth-order valence-electron chi connectivity index (χ4n) is 11.6. The number of nitrogens with zero attached hydrogens (tertiary/aromatic N) is 2. The first-order chi connectivity index (χ1) is 23.3. The fourth-order valence-corrected chi connectivity index (χ4v) is 11.6. The number of aromatic nitrogens is 1. The maximum absolute atomic E-state index is 5.43. The van der Waals surface area contributed by atoms with Crippen LogP contribution in [0.15, 0.2) is 88.6 Å². The van der Waals surface area contributed by atoms with E-state index in [0.29, 0.717) is 29.1 Å². The number of rotatable bonds is 4. The van der Waals surface area contributed by atoms with Crippen LogP contribution in [0.2, 0.25) is 0 Å². The van der Waals surface area contributed by atoms with Gasteiger partial charge in [-0.15, -0.1) is 0 Å². The first kappa shape index (κ1) is 30.7. The van der Waals surface area contributed by atoms with Crippen LogP contribution in [0, 0.1) is 40.9 Å². The molecule has 250 valence electrons. The molecule has 0 spiro atoms. The van der Waals surface area contributed by atoms with Crippen LogP contribution in [0.4, 0.5) is 0 Å². The Hall–Kier alpha value is -3.33. The predicted molar refractivity (Wildman–Crippen MR) is 202 cm³/mol. The van der Waals surface area contributed by atoms with Gasteiger partial charge in [-0.05, 0) is 118 Å². The number of para-hydroxylation sites is 1. The molecule has 48 heavy (non-hydrogen) atoms. The van der Waals surface area contributed by atoms with E-state index in [4.69, 9.17) is 4.99 Å². The summed E-state index contributed by atoms with van der Waals surface area (Å²) in [5, 5.41) is 5.44. The average Bonchev–Trinajstić information content (AvgIpc) is 3.56. The van der Waals surface area contributed by atoms with Crippen molar-refractivity contribution in [2.45, 2.75) is 110 Å². The Morgan fingerprint density at radius 2 is 1.79 bits per heavy atom. The number of hydrogen-bond donors (Lipinski definition) is 1. The number of aliphatic imine (C=N–C) groups is 1. The van der Waals surface area contributed by atoms with E-state index < -0.39 is 0 Å². The second-order valence-corrected chi connectivity index (χ2v) is 17.1. The van der Waals surface area contributed by atoms with Crippen LogP contribution < -0.4 is 5.32 Å². The molecule has 3 heteroatoms. The standard InChI is InChI=1S/C45H55N3/c1-29-14-8-11-19-37(29)45(4)28-40(46-43(47-45)31-15-6-5-7-16-31)30-22-24-32(25-23-30)48-41-21-13-10-18-34(41)36-26-39-35(27-42(36)48)33-17-9-12-20-38(33)44(39,2)3/h6,8,10,13-16,18,21,24,26,28-30,33,35,37-38H,5,7,9,11-12,17,19-20,22-23,25,27H2,1-4H3,(H,46,47). The zero-order chi connectivity index (χ0) is 32.6. The molecule has 2 aromatic rings. The summed E-state index contributed by atoms with van der Waals surface area (Å²) in [5.74, 6) is 5.08. The van der Waals surface area contributed by atoms with Gasteiger partial charge in [0.05, 0.1) is 11.1 Å². The number of allylic oxidation sites excluding steroid dienone is 8. The molecule has 1 N–H and O–H groups in total. The molecule has 1 aromatic heterocycles. The highest BCUT2D eigenvalue weighted by Crippen LogP contribution is 2.62. The maximum Gasteiger partial charge on any atom is 0.133 e. The van der Waals surface area contributed by atoms with Crippen molar-refractivity contribution in [3.8, 4) is 0 Å². The zero-order valence-corrected chi connectivity index (χ0v) is 29.8. The minimum atomic E-state index is -0.0987. The van der Waals surface area contributed by atoms with Crippen LogP contribution in [0.5, 0.6) is 0 Å². The average molecular weight is 638 g/mol. The fraction of sp³-hybridized carbons (Fsp3) is 0.533. The van der Waals surface area contributed by atoms with E-state index in [2.05, 4.69) is 110 Å². The maximum atomic E-state index is 5.43. The molecule has 0 radical (unpaired) electrons. The summed E-state index contributed by atoms with van der Waals surface area (Å²) in [6.45, 7) is 9.98. The van der Waals surface area contributed by atoms with Gasteiger partial charge in [0.2, 0.25) is 0 Å². The Labute approximate surface area is 288 Å². The highest BCUT2D eigenvalue weighted by molar-refractivity contribution is 6.02. The molecule has 0 bridgehead atoms. The smallest absolute Gasteiger partial charge is 0.133 e. The van der Waals surface area contributed by atoms with Gasteiger partial charge in [0.25, 0.3) is 0 Å². The summed E-state index contributed by atoms with van der Waals surface area (Å²) in [6, 6.07) is 9.26. The molecular weight excluding hydrogens is 583 g/mol. The molecule has 2 saturated carbocycles. The SMILES string of the molecule is CC1C=CCCC1C1(C)C=C(C2CC=C(n3c4c(c5ccccc53)C=C3C(C4)C4CCCCC4C3(C)C)CC2)N=C(C2=CCCC=C2)N1. The molecule has 7 unspecified atom stereocenters. The molecule has 7 atom stereocenters. The van der Waals surface area contributed by atoms with E-state index >= 15 is 0 Å². The van der Waals surface area contributed by atoms with E-state index in [1.54, 1.807) is 11.3 Å². The van der Waals surface area contributed by atoms with Gasteiger partial charge < -0.3 is 9.88 Å². The third-order valence-electron chi connectivity index (χ3n) is 14.1. The van der Waals surface area contributed by atoms with Crippen molar-refractivity contribution in [2.75, 3.05) is 0 Å². The first-order valence-electron chi connectivity index (χ1n) is 19.5. The highest BCUT2D eigenvalue weighted by atomic mass is 15.1. The minimum Gasteiger partial charge on any atom is -0.361 e. The topological polar surface area (TPSA) is 29.3 Å². The first-order valence-corrected chi connectivity index (χ1v) is 19.5. The predicted octanol–water partition coefficient (Wildman–Crippen LogP) is 11.2. The van der Waals surface area contributed by atoms with Gasteiger partial charge in [-0.2, -0.15) is 0 Å². The van der Waals surface area contributed by atoms with Crippen molar-refractivity contribution < 1.29 is 0 Å². The summed E-state index contributed by atoms with van der Waals surface area (Å²) in [7, 11) is 0. The molecule has 2 heterocycles. The van der Waals surface area contributed by atoms with Crippen LogP contribution in [-0.2, 0) is 6.42 Å². The van der Waals surface area contributed by atoms with Gasteiger partial charge in [-0.25, -0.2) is 4.99 Å². The van der Waals surface area contributed by atoms with Crippen molar-refractivity contribution in [3.63, 3.8) is 0 Å². The van der Waals surface area contributed by atoms with Gasteiger partial charge in [-0.1, -0.05) is 99.9 Å². The molecule has 2 fully saturated rings. The van der Waals surface area contributed by atoms with E-state index in [1.807, 2.05) is 0 Å². The van der Waals surface area contributed by atoms with E-state index in [0.717, 1.165) is 49.8 Å². The number of hydrogen-bond acceptors (Lipinski definition) is 2. The summed E-state index contributed by atoms with van der Waals surface area (Å²) < 4.78 is 2.72. The van der Waals surface area contributed by atoms with Crippen molar-refractivity contribution in [1.82, 2.24) is 9.88 Å². The monoisotopic (exact) mass is 637 g/mol. The van der Waals surface area contributed by atoms with Gasteiger partial charge in [0.1, 0.15) is 5.84 Å². The molecule has 6 aliphatic carbocycles. The van der Waals surface area contributed by atoms with Crippen LogP contribution in [0.25, 0.3) is 22.7 Å². The Morgan fingerprint density at radius 1 is 0.917 bits per heavy atom. The summed E-state index contributed by atoms with van der Waals surface area (Å²) in [5.41, 5.74) is 10.6. The highest BCUT2D eigenvalue weighted by Gasteiger charge is 2.53. The second-order valence-electron chi connectivity index (χ2n) is 17.1. The molecule has 0 saturated heterocycles. The number of nitrogens with one attached hydrogen (secondary N) is 1. The van der Waals surface area contributed by atoms with Crippen LogP contribution in [-0.4, -0.2) is 15.9 Å². The third kappa shape index (κ3) is 4.84. The largest absolute Gasteiger partial charge is 0.361 e. The van der Waals surface area contributed by atoms with Gasteiger partial charge >= 0.3 is 0 Å². The number of amidine groups is 1. The molecule has 1 aliphatic heterocycles. The zero-order valence-electron chi connectivity index (χ0n) is 29.8. The lowest BCUT2D eigenvalue weighted by molar-refractivity contribution is 0.161. The lowest BCUT2D eigenvalue weighted by Crippen LogP contribution is -2.54. The van der Waals surface area contributed by atoms with Gasteiger partial charge in [-0.3, -0.25) is 0 Å². The van der Waals surface area contributed by atoms with Crippen molar-refractivity contribution in [3.05, 3.63) is 94.9 Å². The molecule has 9 rings (SSSR count). The number of benzene rings is 1. The van der Waals surface area contributed by atoms with Gasteiger partial charge in [0, 0.05) is 39.5 Å². The summed E-state index contributed by atoms with van der Waals surface area (Å²) >= 11 is 0. The van der Waals surface area contributed by atoms with E-state index in [1.165, 1.54) is 78.4 Å². The quantitative estimate of drug-likeness (QED) is 0.332. The normalized spacial score (nSPS) is 35.4. The van der Waals surface area contributed by atoms with Crippen molar-refractivity contribution in [2.24, 2.45) is 45.9 Å². The summed E-state index contributed by atoms with van der Waals surface area (Å²) in [4.78, 5) is 5.43. The molecule has 0 amide bonds. The Morgan fingerprint density at radius 3 is 2.60 bits per heavy atom. The lowest BCUT2D eigenvalue weighted by Gasteiger charge is -2.44. The van der Waals surface area contributed by atoms with E-state index in [-0.39, 0.29) is 5.54 Å². The second kappa shape index (κ2) is 11.6. The Balaban J connectivity index is 1.07. The Kier molecular flexibility index (Phi) is 7.44. The van der Waals surface area contributed by atoms with Crippen LogP contribution in [0.3, 0.4) is 0 Å². The third-order valence-corrected chi connectivity index (χ3v) is 14.1.